The predicted octanol–water partition coefficient (Wildman–Crippen LogP) is 0.406. The van der Waals surface area contributed by atoms with E-state index in [1.54, 1.807) is 0 Å². The first-order chi connectivity index (χ1) is 10.6. The van der Waals surface area contributed by atoms with Gasteiger partial charge in [-0.05, 0) is 13.8 Å². The summed E-state index contributed by atoms with van der Waals surface area (Å²) in [4.78, 5) is 1.02. The van der Waals surface area contributed by atoms with Gasteiger partial charge in [-0.1, -0.05) is 5.16 Å². The lowest BCUT2D eigenvalue weighted by molar-refractivity contribution is -0.182. The number of hydrogen-bond acceptors (Lipinski definition) is 6. The highest BCUT2D eigenvalue weighted by molar-refractivity contribution is 7.89. The van der Waals surface area contributed by atoms with E-state index < -0.39 is 28.8 Å². The molecule has 1 fully saturated rings. The highest BCUT2D eigenvalue weighted by Crippen LogP contribution is 2.26. The van der Waals surface area contributed by atoms with Gasteiger partial charge in [0.1, 0.15) is 16.6 Å². The van der Waals surface area contributed by atoms with Crippen molar-refractivity contribution in [3.05, 3.63) is 11.5 Å². The van der Waals surface area contributed by atoms with Crippen LogP contribution in [0.3, 0.4) is 0 Å². The van der Waals surface area contributed by atoms with E-state index in [4.69, 9.17) is 4.52 Å². The number of nitrogens with one attached hydrogen (secondary N) is 2. The molecule has 1 atom stereocenters. The molecule has 1 unspecified atom stereocenters. The molecule has 0 saturated carbocycles. The number of nitrogens with zero attached hydrogens (tertiary/aromatic N) is 2. The van der Waals surface area contributed by atoms with Crippen LogP contribution in [0.2, 0.25) is 0 Å². The average molecular weight is 356 g/mol. The van der Waals surface area contributed by atoms with Crippen molar-refractivity contribution >= 4 is 10.0 Å². The third-order valence-electron chi connectivity index (χ3n) is 3.67. The van der Waals surface area contributed by atoms with Crippen molar-refractivity contribution < 1.29 is 26.1 Å². The second-order valence-electron chi connectivity index (χ2n) is 5.35. The third kappa shape index (κ3) is 4.22. The van der Waals surface area contributed by atoms with E-state index in [2.05, 4.69) is 10.5 Å². The second kappa shape index (κ2) is 6.75. The Bertz CT molecular complexity index is 619. The highest BCUT2D eigenvalue weighted by atomic mass is 32.2. The van der Waals surface area contributed by atoms with Crippen LogP contribution in [0.25, 0.3) is 0 Å². The zero-order valence-corrected chi connectivity index (χ0v) is 13.6. The van der Waals surface area contributed by atoms with Crippen molar-refractivity contribution in [2.75, 3.05) is 32.7 Å². The fraction of sp³-hybridized carbons (Fsp3) is 0.750. The number of hydrogen-bond donors (Lipinski definition) is 2. The van der Waals surface area contributed by atoms with E-state index in [0.717, 1.165) is 0 Å². The summed E-state index contributed by atoms with van der Waals surface area (Å²) in [6.07, 6.45) is -4.53. The van der Waals surface area contributed by atoms with Crippen LogP contribution in [0, 0.1) is 13.8 Å². The molecular formula is C12H19F3N4O3S. The fourth-order valence-corrected chi connectivity index (χ4v) is 3.93. The van der Waals surface area contributed by atoms with Gasteiger partial charge in [-0.25, -0.2) is 13.1 Å². The van der Waals surface area contributed by atoms with Crippen molar-refractivity contribution in [2.45, 2.75) is 31.0 Å². The molecule has 2 N–H and O–H groups in total. The molecule has 1 saturated heterocycles. The largest absolute Gasteiger partial charge is 0.405 e. The molecule has 1 aromatic rings. The van der Waals surface area contributed by atoms with Gasteiger partial charge in [-0.15, -0.1) is 0 Å². The molecule has 0 aromatic carbocycles. The lowest BCUT2D eigenvalue weighted by atomic mass is 10.2. The zero-order valence-electron chi connectivity index (χ0n) is 12.8. The first-order valence-corrected chi connectivity index (χ1v) is 8.55. The lowest BCUT2D eigenvalue weighted by Gasteiger charge is -2.35. The number of alkyl halides is 3. The Morgan fingerprint density at radius 1 is 1.35 bits per heavy atom. The van der Waals surface area contributed by atoms with Gasteiger partial charge in [-0.3, -0.25) is 4.90 Å². The summed E-state index contributed by atoms with van der Waals surface area (Å²) in [7, 11) is -4.12. The molecule has 2 rings (SSSR count). The van der Waals surface area contributed by atoms with Gasteiger partial charge in [0.2, 0.25) is 10.0 Å². The van der Waals surface area contributed by atoms with Crippen LogP contribution in [0.15, 0.2) is 9.42 Å². The summed E-state index contributed by atoms with van der Waals surface area (Å²) in [6, 6.07) is -1.88. The number of aromatic nitrogens is 1. The van der Waals surface area contributed by atoms with Gasteiger partial charge in [0, 0.05) is 32.7 Å². The normalized spacial score (nSPS) is 19.0. The van der Waals surface area contributed by atoms with Crippen molar-refractivity contribution in [1.82, 2.24) is 20.1 Å². The van der Waals surface area contributed by atoms with E-state index in [-0.39, 0.29) is 29.4 Å². The van der Waals surface area contributed by atoms with Crippen LogP contribution >= 0.6 is 0 Å². The van der Waals surface area contributed by atoms with Gasteiger partial charge >= 0.3 is 6.18 Å². The van der Waals surface area contributed by atoms with Crippen LogP contribution in [-0.4, -0.2) is 63.4 Å². The minimum Gasteiger partial charge on any atom is -0.360 e. The maximum Gasteiger partial charge on any atom is 0.405 e. The minimum absolute atomic E-state index is 0.0423. The molecule has 0 aliphatic carbocycles. The predicted molar refractivity (Wildman–Crippen MR) is 75.5 cm³/mol. The van der Waals surface area contributed by atoms with E-state index in [0.29, 0.717) is 13.1 Å². The molecular weight excluding hydrogens is 337 g/mol. The summed E-state index contributed by atoms with van der Waals surface area (Å²) in [6.45, 7) is 3.34. The highest BCUT2D eigenvalue weighted by Gasteiger charge is 2.44. The van der Waals surface area contributed by atoms with Gasteiger partial charge in [0.25, 0.3) is 0 Å². The first-order valence-electron chi connectivity index (χ1n) is 7.07. The van der Waals surface area contributed by atoms with Gasteiger partial charge in [0.05, 0.1) is 0 Å². The zero-order chi connectivity index (χ0) is 17.3. The number of piperazine rings is 1. The number of rotatable bonds is 5. The Morgan fingerprint density at radius 2 is 1.96 bits per heavy atom. The smallest absolute Gasteiger partial charge is 0.360 e. The SMILES string of the molecule is Cc1noc(C)c1S(=O)(=O)NCC(N1CCNCC1)C(F)(F)F. The maximum atomic E-state index is 13.3. The molecule has 23 heavy (non-hydrogen) atoms. The van der Waals surface area contributed by atoms with Crippen molar-refractivity contribution in [3.8, 4) is 0 Å². The van der Waals surface area contributed by atoms with Crippen molar-refractivity contribution in [3.63, 3.8) is 0 Å². The molecule has 0 spiro atoms. The van der Waals surface area contributed by atoms with Gasteiger partial charge in [-0.2, -0.15) is 13.2 Å². The maximum absolute atomic E-state index is 13.3. The Balaban J connectivity index is 2.14. The minimum atomic E-state index is -4.53. The lowest BCUT2D eigenvalue weighted by Crippen LogP contribution is -2.57. The molecule has 0 radical (unpaired) electrons. The van der Waals surface area contributed by atoms with Crippen molar-refractivity contribution in [2.24, 2.45) is 0 Å². The third-order valence-corrected chi connectivity index (χ3v) is 5.34. The molecule has 0 amide bonds. The molecule has 11 heteroatoms. The number of sulfonamides is 1. The quantitative estimate of drug-likeness (QED) is 0.794. The number of halogens is 3. The fourth-order valence-electron chi connectivity index (χ4n) is 2.56. The van der Waals surface area contributed by atoms with E-state index in [1.165, 1.54) is 18.7 Å². The Labute approximate surface area is 132 Å². The van der Waals surface area contributed by atoms with Gasteiger partial charge < -0.3 is 9.84 Å². The van der Waals surface area contributed by atoms with Crippen LogP contribution in [0.1, 0.15) is 11.5 Å². The van der Waals surface area contributed by atoms with Crippen LogP contribution in [-0.2, 0) is 10.0 Å². The Morgan fingerprint density at radius 3 is 2.43 bits per heavy atom. The monoisotopic (exact) mass is 356 g/mol. The molecule has 0 bridgehead atoms. The molecule has 132 valence electrons. The Hall–Kier alpha value is -1.17. The summed E-state index contributed by atoms with van der Waals surface area (Å²) in [5.74, 6) is 0.0423. The van der Waals surface area contributed by atoms with E-state index in [1.807, 2.05) is 4.72 Å². The van der Waals surface area contributed by atoms with Crippen LogP contribution < -0.4 is 10.0 Å². The topological polar surface area (TPSA) is 87.5 Å². The number of aryl methyl sites for hydroxylation is 2. The van der Waals surface area contributed by atoms with E-state index in [9.17, 15) is 21.6 Å². The molecule has 1 aliphatic heterocycles. The van der Waals surface area contributed by atoms with Crippen LogP contribution in [0.4, 0.5) is 13.2 Å². The summed E-state index contributed by atoms with van der Waals surface area (Å²) >= 11 is 0. The van der Waals surface area contributed by atoms with E-state index >= 15 is 0 Å². The summed E-state index contributed by atoms with van der Waals surface area (Å²) < 4.78 is 71.0. The first kappa shape index (κ1) is 18.2. The standard InChI is InChI=1S/C12H19F3N4O3S/c1-8-11(9(2)22-18-8)23(20,21)17-7-10(12(13,14)15)19-5-3-16-4-6-19/h10,16-17H,3-7H2,1-2H3. The molecule has 1 aliphatic rings. The molecule has 1 aromatic heterocycles. The van der Waals surface area contributed by atoms with Crippen LogP contribution in [0.5, 0.6) is 0 Å². The average Bonchev–Trinajstić information content (AvgIpc) is 2.78. The van der Waals surface area contributed by atoms with Gasteiger partial charge in [0.15, 0.2) is 5.76 Å². The summed E-state index contributed by atoms with van der Waals surface area (Å²) in [5, 5.41) is 6.48. The summed E-state index contributed by atoms with van der Waals surface area (Å²) in [5.41, 5.74) is 0.112. The second-order valence-corrected chi connectivity index (χ2v) is 7.05. The molecule has 7 nitrogen and oxygen atoms in total. The van der Waals surface area contributed by atoms with Crippen molar-refractivity contribution in [1.29, 1.82) is 0 Å². The molecule has 2 heterocycles. The Kier molecular flexibility index (Phi) is 5.33.